The Hall–Kier alpha value is -1.80. The first-order valence-electron chi connectivity index (χ1n) is 9.75. The molecule has 2 heterocycles. The molecule has 8 heteroatoms. The fourth-order valence-electron chi connectivity index (χ4n) is 4.85. The van der Waals surface area contributed by atoms with Crippen molar-refractivity contribution in [3.05, 3.63) is 18.2 Å². The molecule has 0 bridgehead atoms. The van der Waals surface area contributed by atoms with Crippen LogP contribution >= 0.6 is 0 Å². The molecule has 1 aromatic rings. The van der Waals surface area contributed by atoms with Gasteiger partial charge in [0.05, 0.1) is 4.90 Å². The molecule has 2 atom stereocenters. The van der Waals surface area contributed by atoms with Gasteiger partial charge in [0.25, 0.3) is 0 Å². The summed E-state index contributed by atoms with van der Waals surface area (Å²) in [5.41, 5.74) is -0.894. The molecule has 0 spiro atoms. The number of sulfonamides is 1. The van der Waals surface area contributed by atoms with E-state index in [4.69, 9.17) is 9.47 Å². The number of fused-ring (bicyclic) bond motifs is 2. The average Bonchev–Trinajstić information content (AvgIpc) is 3.02. The molecule has 2 saturated carbocycles. The van der Waals surface area contributed by atoms with E-state index >= 15 is 0 Å². The molecular weight excluding hydrogens is 368 g/mol. The predicted octanol–water partition coefficient (Wildman–Crippen LogP) is 1.67. The van der Waals surface area contributed by atoms with Crippen LogP contribution in [0.5, 0.6) is 11.5 Å². The molecule has 27 heavy (non-hydrogen) atoms. The molecule has 2 aliphatic heterocycles. The summed E-state index contributed by atoms with van der Waals surface area (Å²) in [6.45, 7) is 1.24. The molecule has 1 amide bonds. The SMILES string of the molecule is O=C(NC1CCCC1)[C@@]12C[C@@H]1CCN2S(=O)(=O)c1ccc2c(c1)OCCO2. The minimum Gasteiger partial charge on any atom is -0.486 e. The van der Waals surface area contributed by atoms with Crippen molar-refractivity contribution < 1.29 is 22.7 Å². The number of nitrogens with one attached hydrogen (secondary N) is 1. The Balaban J connectivity index is 1.43. The summed E-state index contributed by atoms with van der Waals surface area (Å²) in [7, 11) is -3.78. The van der Waals surface area contributed by atoms with Crippen molar-refractivity contribution in [1.82, 2.24) is 9.62 Å². The van der Waals surface area contributed by atoms with Crippen molar-refractivity contribution in [2.45, 2.75) is 55.0 Å². The highest BCUT2D eigenvalue weighted by molar-refractivity contribution is 7.89. The van der Waals surface area contributed by atoms with E-state index in [2.05, 4.69) is 5.32 Å². The van der Waals surface area contributed by atoms with E-state index in [1.165, 1.54) is 10.4 Å². The Kier molecular flexibility index (Phi) is 3.91. The second-order valence-corrected chi connectivity index (χ2v) is 9.81. The summed E-state index contributed by atoms with van der Waals surface area (Å²) < 4.78 is 39.2. The Morgan fingerprint density at radius 2 is 1.85 bits per heavy atom. The summed E-state index contributed by atoms with van der Waals surface area (Å²) in [5, 5.41) is 3.12. The van der Waals surface area contributed by atoms with E-state index in [0.717, 1.165) is 32.1 Å². The largest absolute Gasteiger partial charge is 0.486 e. The zero-order valence-electron chi connectivity index (χ0n) is 15.1. The van der Waals surface area contributed by atoms with Crippen LogP contribution in [0.1, 0.15) is 38.5 Å². The lowest BCUT2D eigenvalue weighted by Crippen LogP contribution is -2.52. The van der Waals surface area contributed by atoms with Gasteiger partial charge in [0.1, 0.15) is 18.8 Å². The fraction of sp³-hybridized carbons (Fsp3) is 0.632. The summed E-state index contributed by atoms with van der Waals surface area (Å²) in [5.74, 6) is 1.02. The number of nitrogens with zero attached hydrogens (tertiary/aromatic N) is 1. The second kappa shape index (κ2) is 6.10. The maximum absolute atomic E-state index is 13.4. The molecule has 1 aromatic carbocycles. The molecule has 2 aliphatic carbocycles. The van der Waals surface area contributed by atoms with Gasteiger partial charge >= 0.3 is 0 Å². The Morgan fingerprint density at radius 3 is 2.59 bits per heavy atom. The van der Waals surface area contributed by atoms with Gasteiger partial charge in [0, 0.05) is 18.7 Å². The highest BCUT2D eigenvalue weighted by Gasteiger charge is 2.70. The Bertz CT molecular complexity index is 880. The van der Waals surface area contributed by atoms with Crippen molar-refractivity contribution in [2.24, 2.45) is 5.92 Å². The summed E-state index contributed by atoms with van der Waals surface area (Å²) in [4.78, 5) is 13.2. The van der Waals surface area contributed by atoms with Gasteiger partial charge in [-0.2, -0.15) is 4.31 Å². The lowest BCUT2D eigenvalue weighted by molar-refractivity contribution is -0.126. The maximum atomic E-state index is 13.4. The molecule has 7 nitrogen and oxygen atoms in total. The number of carbonyl (C=O) groups excluding carboxylic acids is 1. The molecule has 146 valence electrons. The number of piperidine rings is 1. The minimum absolute atomic E-state index is 0.113. The number of amides is 1. The first-order chi connectivity index (χ1) is 13.0. The average molecular weight is 392 g/mol. The van der Waals surface area contributed by atoms with E-state index in [1.807, 2.05) is 0 Å². The second-order valence-electron chi connectivity index (χ2n) is 7.95. The molecule has 0 aromatic heterocycles. The maximum Gasteiger partial charge on any atom is 0.244 e. The van der Waals surface area contributed by atoms with Crippen LogP contribution in [-0.4, -0.2) is 50.0 Å². The summed E-state index contributed by atoms with van der Waals surface area (Å²) in [6.07, 6.45) is 5.58. The molecule has 5 rings (SSSR count). The van der Waals surface area contributed by atoms with Gasteiger partial charge < -0.3 is 14.8 Å². The van der Waals surface area contributed by atoms with Crippen LogP contribution in [0.2, 0.25) is 0 Å². The lowest BCUT2D eigenvalue weighted by atomic mass is 10.2. The van der Waals surface area contributed by atoms with Gasteiger partial charge in [-0.3, -0.25) is 4.79 Å². The Morgan fingerprint density at radius 1 is 1.11 bits per heavy atom. The molecule has 0 unspecified atom stereocenters. The van der Waals surface area contributed by atoms with E-state index in [0.29, 0.717) is 37.7 Å². The van der Waals surface area contributed by atoms with Crippen LogP contribution in [0.3, 0.4) is 0 Å². The number of hydrogen-bond donors (Lipinski definition) is 1. The number of hydrogen-bond acceptors (Lipinski definition) is 5. The standard InChI is InChI=1S/C19H24N2O5S/c22-18(20-14-3-1-2-4-14)19-12-13(19)7-8-21(19)27(23,24)15-5-6-16-17(11-15)26-10-9-25-16/h5-6,11,13-14H,1-4,7-10,12H2,(H,20,22)/t13-,19+/m0/s1. The summed E-state index contributed by atoms with van der Waals surface area (Å²) in [6, 6.07) is 4.88. The van der Waals surface area contributed by atoms with Gasteiger partial charge in [-0.05, 0) is 43.7 Å². The van der Waals surface area contributed by atoms with Gasteiger partial charge in [0.2, 0.25) is 15.9 Å². The van der Waals surface area contributed by atoms with E-state index < -0.39 is 15.6 Å². The molecular formula is C19H24N2O5S. The number of rotatable bonds is 4. The van der Waals surface area contributed by atoms with Crippen LogP contribution in [0, 0.1) is 5.92 Å². The molecule has 0 radical (unpaired) electrons. The van der Waals surface area contributed by atoms with Crippen LogP contribution in [0.4, 0.5) is 0 Å². The van der Waals surface area contributed by atoms with Crippen LogP contribution in [0.25, 0.3) is 0 Å². The minimum atomic E-state index is -3.78. The van der Waals surface area contributed by atoms with Crippen LogP contribution < -0.4 is 14.8 Å². The van der Waals surface area contributed by atoms with Gasteiger partial charge in [-0.25, -0.2) is 8.42 Å². The fourth-order valence-corrected chi connectivity index (χ4v) is 6.69. The zero-order chi connectivity index (χ0) is 18.6. The molecule has 3 fully saturated rings. The number of carbonyl (C=O) groups is 1. The first-order valence-corrected chi connectivity index (χ1v) is 11.2. The van der Waals surface area contributed by atoms with Crippen molar-refractivity contribution in [2.75, 3.05) is 19.8 Å². The lowest BCUT2D eigenvalue weighted by Gasteiger charge is -2.28. The third kappa shape index (κ3) is 2.64. The van der Waals surface area contributed by atoms with Gasteiger partial charge in [-0.15, -0.1) is 0 Å². The third-order valence-corrected chi connectivity index (χ3v) is 8.32. The Labute approximate surface area is 159 Å². The van der Waals surface area contributed by atoms with E-state index in [-0.39, 0.29) is 22.8 Å². The van der Waals surface area contributed by atoms with Crippen molar-refractivity contribution >= 4 is 15.9 Å². The molecule has 1 saturated heterocycles. The highest BCUT2D eigenvalue weighted by atomic mass is 32.2. The molecule has 4 aliphatic rings. The topological polar surface area (TPSA) is 84.9 Å². The number of benzene rings is 1. The quantitative estimate of drug-likeness (QED) is 0.843. The third-order valence-electron chi connectivity index (χ3n) is 6.38. The normalized spacial score (nSPS) is 30.1. The molecule has 1 N–H and O–H groups in total. The summed E-state index contributed by atoms with van der Waals surface area (Å²) >= 11 is 0. The van der Waals surface area contributed by atoms with Gasteiger partial charge in [0.15, 0.2) is 11.5 Å². The van der Waals surface area contributed by atoms with Crippen LogP contribution in [-0.2, 0) is 14.8 Å². The highest BCUT2D eigenvalue weighted by Crippen LogP contribution is 2.57. The monoisotopic (exact) mass is 392 g/mol. The smallest absolute Gasteiger partial charge is 0.244 e. The van der Waals surface area contributed by atoms with Crippen molar-refractivity contribution in [3.63, 3.8) is 0 Å². The van der Waals surface area contributed by atoms with Crippen molar-refractivity contribution in [3.8, 4) is 11.5 Å². The van der Waals surface area contributed by atoms with Crippen molar-refractivity contribution in [1.29, 1.82) is 0 Å². The van der Waals surface area contributed by atoms with Crippen LogP contribution in [0.15, 0.2) is 23.1 Å². The van der Waals surface area contributed by atoms with E-state index in [1.54, 1.807) is 12.1 Å². The zero-order valence-corrected chi connectivity index (χ0v) is 16.0. The van der Waals surface area contributed by atoms with Gasteiger partial charge in [-0.1, -0.05) is 12.8 Å². The predicted molar refractivity (Wildman–Crippen MR) is 97.2 cm³/mol. The van der Waals surface area contributed by atoms with E-state index in [9.17, 15) is 13.2 Å². The number of ether oxygens (including phenoxy) is 2. The first kappa shape index (κ1) is 17.3.